The molecule has 0 aromatic heterocycles. The molecule has 2 rings (SSSR count). The predicted molar refractivity (Wildman–Crippen MR) is 90.6 cm³/mol. The van der Waals surface area contributed by atoms with Crippen molar-refractivity contribution in [2.45, 2.75) is 90.7 Å². The molecule has 4 atom stereocenters. The summed E-state index contributed by atoms with van der Waals surface area (Å²) in [5.74, 6) is 2.52. The van der Waals surface area contributed by atoms with Crippen LogP contribution < -0.4 is 5.32 Å². The molecule has 0 bridgehead atoms. The molecule has 124 valence electrons. The molecule has 0 amide bonds. The Bertz CT molecular complexity index is 275. The lowest BCUT2D eigenvalue weighted by Gasteiger charge is -2.42. The minimum Gasteiger partial charge on any atom is -0.377 e. The molecule has 1 N–H and O–H groups in total. The van der Waals surface area contributed by atoms with E-state index in [1.54, 1.807) is 0 Å². The van der Waals surface area contributed by atoms with Crippen LogP contribution in [-0.4, -0.2) is 25.3 Å². The van der Waals surface area contributed by atoms with E-state index in [-0.39, 0.29) is 0 Å². The van der Waals surface area contributed by atoms with Crippen LogP contribution in [0.5, 0.6) is 0 Å². The first kappa shape index (κ1) is 17.3. The quantitative estimate of drug-likeness (QED) is 0.730. The summed E-state index contributed by atoms with van der Waals surface area (Å²) in [6.07, 6.45) is 13.1. The van der Waals surface area contributed by atoms with Gasteiger partial charge in [-0.3, -0.25) is 0 Å². The molecule has 2 nitrogen and oxygen atoms in total. The van der Waals surface area contributed by atoms with Gasteiger partial charge in [0.15, 0.2) is 0 Å². The molecule has 0 heterocycles. The average molecular weight is 296 g/mol. The molecule has 4 unspecified atom stereocenters. The van der Waals surface area contributed by atoms with Gasteiger partial charge in [-0.15, -0.1) is 0 Å². The molecule has 0 aliphatic heterocycles. The van der Waals surface area contributed by atoms with Crippen LogP contribution in [-0.2, 0) is 4.74 Å². The smallest absolute Gasteiger partial charge is 0.0758 e. The number of nitrogens with one attached hydrogen (secondary N) is 1. The monoisotopic (exact) mass is 295 g/mol. The van der Waals surface area contributed by atoms with Gasteiger partial charge in [-0.2, -0.15) is 0 Å². The van der Waals surface area contributed by atoms with E-state index in [0.717, 1.165) is 30.9 Å². The highest BCUT2D eigenvalue weighted by Gasteiger charge is 2.36. The third-order valence-electron chi connectivity index (χ3n) is 5.75. The van der Waals surface area contributed by atoms with Gasteiger partial charge >= 0.3 is 0 Å². The number of hydrogen-bond donors (Lipinski definition) is 1. The minimum absolute atomic E-state index is 0.450. The topological polar surface area (TPSA) is 21.3 Å². The molecule has 2 fully saturated rings. The van der Waals surface area contributed by atoms with Gasteiger partial charge in [0.1, 0.15) is 0 Å². The summed E-state index contributed by atoms with van der Waals surface area (Å²) < 4.78 is 6.32. The number of ether oxygens (including phenoxy) is 1. The summed E-state index contributed by atoms with van der Waals surface area (Å²) in [6.45, 7) is 8.80. The Kier molecular flexibility index (Phi) is 7.53. The zero-order valence-electron chi connectivity index (χ0n) is 14.6. The predicted octanol–water partition coefficient (Wildman–Crippen LogP) is 4.78. The average Bonchev–Trinajstić information content (AvgIpc) is 2.51. The summed E-state index contributed by atoms with van der Waals surface area (Å²) in [5, 5.41) is 3.83. The van der Waals surface area contributed by atoms with Gasteiger partial charge in [-0.05, 0) is 56.9 Å². The van der Waals surface area contributed by atoms with Crippen molar-refractivity contribution in [3.63, 3.8) is 0 Å². The van der Waals surface area contributed by atoms with Gasteiger partial charge in [0.25, 0.3) is 0 Å². The molecule has 0 aromatic carbocycles. The largest absolute Gasteiger partial charge is 0.377 e. The van der Waals surface area contributed by atoms with Crippen LogP contribution in [0.3, 0.4) is 0 Å². The molecule has 0 aromatic rings. The standard InChI is InChI=1S/C19H37NO/c1-4-20-18(17-13-9-10-15(3)14-17)19(21-5-2)16-11-7-6-8-12-16/h15-20H,4-14H2,1-3H3. The van der Waals surface area contributed by atoms with Crippen molar-refractivity contribution < 1.29 is 4.74 Å². The summed E-state index contributed by atoms with van der Waals surface area (Å²) in [5.41, 5.74) is 0. The second kappa shape index (κ2) is 9.15. The van der Waals surface area contributed by atoms with E-state index in [1.165, 1.54) is 57.8 Å². The first-order valence-corrected chi connectivity index (χ1v) is 9.61. The van der Waals surface area contributed by atoms with Gasteiger partial charge in [0.05, 0.1) is 6.10 Å². The zero-order valence-corrected chi connectivity index (χ0v) is 14.6. The Balaban J connectivity index is 2.06. The van der Waals surface area contributed by atoms with Gasteiger partial charge in [0, 0.05) is 12.6 Å². The molecular weight excluding hydrogens is 258 g/mol. The fourth-order valence-electron chi connectivity index (χ4n) is 4.78. The van der Waals surface area contributed by atoms with Gasteiger partial charge < -0.3 is 10.1 Å². The molecule has 2 aliphatic rings. The van der Waals surface area contributed by atoms with Crippen LogP contribution >= 0.6 is 0 Å². The minimum atomic E-state index is 0.450. The maximum atomic E-state index is 6.32. The first-order chi connectivity index (χ1) is 10.3. The maximum Gasteiger partial charge on any atom is 0.0758 e. The second-order valence-corrected chi connectivity index (χ2v) is 7.43. The Morgan fingerprint density at radius 2 is 1.67 bits per heavy atom. The Morgan fingerprint density at radius 3 is 2.29 bits per heavy atom. The van der Waals surface area contributed by atoms with E-state index < -0.39 is 0 Å². The van der Waals surface area contributed by atoms with Gasteiger partial charge in [-0.25, -0.2) is 0 Å². The second-order valence-electron chi connectivity index (χ2n) is 7.43. The lowest BCUT2D eigenvalue weighted by atomic mass is 9.73. The Labute approximate surface area is 132 Å². The summed E-state index contributed by atoms with van der Waals surface area (Å²) >= 11 is 0. The highest BCUT2D eigenvalue weighted by molar-refractivity contribution is 4.91. The fourth-order valence-corrected chi connectivity index (χ4v) is 4.78. The van der Waals surface area contributed by atoms with Crippen molar-refractivity contribution in [1.82, 2.24) is 5.32 Å². The molecule has 0 spiro atoms. The number of likely N-dealkylation sites (N-methyl/N-ethyl adjacent to an activating group) is 1. The van der Waals surface area contributed by atoms with E-state index in [4.69, 9.17) is 4.74 Å². The Hall–Kier alpha value is -0.0800. The van der Waals surface area contributed by atoms with E-state index >= 15 is 0 Å². The normalized spacial score (nSPS) is 31.0. The zero-order chi connectivity index (χ0) is 15.1. The van der Waals surface area contributed by atoms with Crippen molar-refractivity contribution in [3.8, 4) is 0 Å². The molecule has 21 heavy (non-hydrogen) atoms. The lowest BCUT2D eigenvalue weighted by molar-refractivity contribution is -0.0372. The molecule has 2 aliphatic carbocycles. The first-order valence-electron chi connectivity index (χ1n) is 9.61. The Morgan fingerprint density at radius 1 is 0.952 bits per heavy atom. The van der Waals surface area contributed by atoms with E-state index in [0.29, 0.717) is 12.1 Å². The maximum absolute atomic E-state index is 6.32. The van der Waals surface area contributed by atoms with Crippen LogP contribution in [0.2, 0.25) is 0 Å². The highest BCUT2D eigenvalue weighted by atomic mass is 16.5. The van der Waals surface area contributed by atoms with Crippen LogP contribution in [0.25, 0.3) is 0 Å². The summed E-state index contributed by atoms with van der Waals surface area (Å²) in [7, 11) is 0. The van der Waals surface area contributed by atoms with Crippen molar-refractivity contribution in [1.29, 1.82) is 0 Å². The molecule has 2 saturated carbocycles. The number of hydrogen-bond acceptors (Lipinski definition) is 2. The van der Waals surface area contributed by atoms with Crippen LogP contribution in [0.15, 0.2) is 0 Å². The van der Waals surface area contributed by atoms with Gasteiger partial charge in [0.2, 0.25) is 0 Å². The van der Waals surface area contributed by atoms with Crippen molar-refractivity contribution >= 4 is 0 Å². The highest BCUT2D eigenvalue weighted by Crippen LogP contribution is 2.37. The summed E-state index contributed by atoms with van der Waals surface area (Å²) in [4.78, 5) is 0. The van der Waals surface area contributed by atoms with Gasteiger partial charge in [-0.1, -0.05) is 46.0 Å². The third-order valence-corrected chi connectivity index (χ3v) is 5.75. The summed E-state index contributed by atoms with van der Waals surface area (Å²) in [6, 6.07) is 0.584. The molecular formula is C19H37NO. The van der Waals surface area contributed by atoms with Crippen molar-refractivity contribution in [2.24, 2.45) is 17.8 Å². The fraction of sp³-hybridized carbons (Fsp3) is 1.00. The van der Waals surface area contributed by atoms with E-state index in [9.17, 15) is 0 Å². The third kappa shape index (κ3) is 4.96. The molecule has 0 saturated heterocycles. The van der Waals surface area contributed by atoms with Crippen molar-refractivity contribution in [3.05, 3.63) is 0 Å². The van der Waals surface area contributed by atoms with Crippen LogP contribution in [0.1, 0.15) is 78.6 Å². The van der Waals surface area contributed by atoms with Crippen LogP contribution in [0.4, 0.5) is 0 Å². The SMILES string of the molecule is CCNC(C1CCCC(C)C1)C(OCC)C1CCCCC1. The van der Waals surface area contributed by atoms with Crippen molar-refractivity contribution in [2.75, 3.05) is 13.2 Å². The number of rotatable bonds is 7. The van der Waals surface area contributed by atoms with E-state index in [2.05, 4.69) is 26.1 Å². The van der Waals surface area contributed by atoms with Crippen LogP contribution in [0, 0.1) is 17.8 Å². The lowest BCUT2D eigenvalue weighted by Crippen LogP contribution is -2.51. The molecule has 2 heteroatoms. The molecule has 0 radical (unpaired) electrons. The van der Waals surface area contributed by atoms with E-state index in [1.807, 2.05) is 0 Å².